The summed E-state index contributed by atoms with van der Waals surface area (Å²) in [6.07, 6.45) is -0.697. The van der Waals surface area contributed by atoms with Crippen LogP contribution in [-0.2, 0) is 23.8 Å². The number of carbonyl (C=O) groups excluding carboxylic acids is 4. The Bertz CT molecular complexity index is 879. The Morgan fingerprint density at radius 1 is 1.16 bits per heavy atom. The molecule has 1 aromatic heterocycles. The molecule has 176 valence electrons. The molecule has 0 bridgehead atoms. The molecule has 0 saturated heterocycles. The van der Waals surface area contributed by atoms with Crippen LogP contribution in [0.5, 0.6) is 0 Å². The highest BCUT2D eigenvalue weighted by atomic mass is 32.1. The maximum atomic E-state index is 13.1. The average Bonchev–Trinajstić information content (AvgIpc) is 3.03. The number of carbonyl (C=O) groups is 4. The molecule has 10 heteroatoms. The lowest BCUT2D eigenvalue weighted by atomic mass is 9.88. The summed E-state index contributed by atoms with van der Waals surface area (Å²) < 4.78 is 15.9. The SMILES string of the molecule is CCOC(=O)[C@H]1C2C(NC(=O)c3cccs3)CC(NC(=O)OC(C)(C)C)(C(=O)OCC)C21. The van der Waals surface area contributed by atoms with Gasteiger partial charge in [0, 0.05) is 18.4 Å². The molecule has 5 atom stereocenters. The van der Waals surface area contributed by atoms with Crippen molar-refractivity contribution in [2.45, 2.75) is 58.2 Å². The molecule has 0 spiro atoms. The smallest absolute Gasteiger partial charge is 0.408 e. The fourth-order valence-corrected chi connectivity index (χ4v) is 5.20. The van der Waals surface area contributed by atoms with Crippen LogP contribution in [0.1, 0.15) is 50.7 Å². The summed E-state index contributed by atoms with van der Waals surface area (Å²) in [4.78, 5) is 51.7. The largest absolute Gasteiger partial charge is 0.466 e. The minimum absolute atomic E-state index is 0.0907. The van der Waals surface area contributed by atoms with Gasteiger partial charge in [-0.2, -0.15) is 0 Å². The predicted molar refractivity (Wildman–Crippen MR) is 116 cm³/mol. The van der Waals surface area contributed by atoms with E-state index in [0.717, 1.165) is 0 Å². The van der Waals surface area contributed by atoms with Crippen LogP contribution in [0.4, 0.5) is 4.79 Å². The lowest BCUT2D eigenvalue weighted by molar-refractivity contribution is -0.153. The molecule has 0 aliphatic heterocycles. The second kappa shape index (κ2) is 9.09. The Labute approximate surface area is 191 Å². The topological polar surface area (TPSA) is 120 Å². The van der Waals surface area contributed by atoms with Gasteiger partial charge in [0.25, 0.3) is 5.91 Å². The van der Waals surface area contributed by atoms with E-state index in [2.05, 4.69) is 10.6 Å². The number of hydrogen-bond donors (Lipinski definition) is 2. The van der Waals surface area contributed by atoms with Gasteiger partial charge in [-0.1, -0.05) is 6.07 Å². The molecular formula is C22H30N2O7S. The summed E-state index contributed by atoms with van der Waals surface area (Å²) in [5.41, 5.74) is -2.29. The van der Waals surface area contributed by atoms with E-state index in [4.69, 9.17) is 14.2 Å². The number of rotatable bonds is 7. The average molecular weight is 467 g/mol. The summed E-state index contributed by atoms with van der Waals surface area (Å²) in [6, 6.07) is 2.94. The predicted octanol–water partition coefficient (Wildman–Crippen LogP) is 2.50. The van der Waals surface area contributed by atoms with Crippen molar-refractivity contribution >= 4 is 35.3 Å². The number of amides is 2. The van der Waals surface area contributed by atoms with Gasteiger partial charge in [0.2, 0.25) is 0 Å². The molecule has 0 radical (unpaired) electrons. The monoisotopic (exact) mass is 466 g/mol. The first kappa shape index (κ1) is 24.0. The van der Waals surface area contributed by atoms with Crippen LogP contribution >= 0.6 is 11.3 Å². The third-order valence-electron chi connectivity index (χ3n) is 5.63. The summed E-state index contributed by atoms with van der Waals surface area (Å²) in [5.74, 6) is -2.98. The van der Waals surface area contributed by atoms with Crippen LogP contribution in [0.25, 0.3) is 0 Å². The van der Waals surface area contributed by atoms with Crippen LogP contribution in [0.3, 0.4) is 0 Å². The van der Waals surface area contributed by atoms with E-state index < -0.39 is 47.0 Å². The molecule has 2 fully saturated rings. The summed E-state index contributed by atoms with van der Waals surface area (Å²) >= 11 is 1.29. The van der Waals surface area contributed by atoms with Crippen molar-refractivity contribution in [3.05, 3.63) is 22.4 Å². The van der Waals surface area contributed by atoms with Gasteiger partial charge in [0.15, 0.2) is 0 Å². The van der Waals surface area contributed by atoms with Crippen LogP contribution < -0.4 is 10.6 Å². The Hall–Kier alpha value is -2.62. The molecular weight excluding hydrogens is 436 g/mol. The van der Waals surface area contributed by atoms with Gasteiger partial charge in [-0.25, -0.2) is 9.59 Å². The van der Waals surface area contributed by atoms with Gasteiger partial charge < -0.3 is 24.8 Å². The maximum Gasteiger partial charge on any atom is 0.408 e. The van der Waals surface area contributed by atoms with Crippen molar-refractivity contribution in [3.63, 3.8) is 0 Å². The number of hydrogen-bond acceptors (Lipinski definition) is 8. The third kappa shape index (κ3) is 4.74. The van der Waals surface area contributed by atoms with Crippen molar-refractivity contribution in [3.8, 4) is 0 Å². The van der Waals surface area contributed by atoms with Crippen molar-refractivity contribution in [2.75, 3.05) is 13.2 Å². The van der Waals surface area contributed by atoms with Crippen molar-refractivity contribution < 1.29 is 33.4 Å². The Kier molecular flexibility index (Phi) is 6.83. The number of ether oxygens (including phenoxy) is 3. The van der Waals surface area contributed by atoms with Crippen molar-refractivity contribution in [1.82, 2.24) is 10.6 Å². The van der Waals surface area contributed by atoms with Gasteiger partial charge >= 0.3 is 18.0 Å². The maximum absolute atomic E-state index is 13.1. The van der Waals surface area contributed by atoms with Crippen LogP contribution in [-0.4, -0.2) is 54.3 Å². The molecule has 3 rings (SSSR count). The second-order valence-corrected chi connectivity index (χ2v) is 9.91. The minimum atomic E-state index is -1.51. The summed E-state index contributed by atoms with van der Waals surface area (Å²) in [7, 11) is 0. The van der Waals surface area contributed by atoms with E-state index in [1.54, 1.807) is 52.1 Å². The molecule has 2 saturated carbocycles. The molecule has 2 amide bonds. The minimum Gasteiger partial charge on any atom is -0.466 e. The first-order chi connectivity index (χ1) is 15.0. The highest BCUT2D eigenvalue weighted by molar-refractivity contribution is 7.12. The quantitative estimate of drug-likeness (QED) is 0.468. The lowest BCUT2D eigenvalue weighted by Crippen LogP contribution is -2.59. The molecule has 1 heterocycles. The number of alkyl carbamates (subject to hydrolysis) is 1. The van der Waals surface area contributed by atoms with Crippen molar-refractivity contribution in [2.24, 2.45) is 17.8 Å². The molecule has 2 aliphatic carbocycles. The van der Waals surface area contributed by atoms with Gasteiger partial charge in [-0.15, -0.1) is 11.3 Å². The highest BCUT2D eigenvalue weighted by Crippen LogP contribution is 2.63. The molecule has 32 heavy (non-hydrogen) atoms. The van der Waals surface area contributed by atoms with Gasteiger partial charge in [0.1, 0.15) is 11.1 Å². The number of fused-ring (bicyclic) bond motifs is 1. The zero-order chi connectivity index (χ0) is 23.7. The molecule has 2 N–H and O–H groups in total. The van der Waals surface area contributed by atoms with E-state index in [-0.39, 0.29) is 31.5 Å². The number of thiophene rings is 1. The first-order valence-electron chi connectivity index (χ1n) is 10.7. The van der Waals surface area contributed by atoms with Gasteiger partial charge in [-0.3, -0.25) is 9.59 Å². The highest BCUT2D eigenvalue weighted by Gasteiger charge is 2.76. The van der Waals surface area contributed by atoms with E-state index in [1.807, 2.05) is 0 Å². The Morgan fingerprint density at radius 3 is 2.41 bits per heavy atom. The normalized spacial score (nSPS) is 28.3. The van der Waals surface area contributed by atoms with Gasteiger partial charge in [0.05, 0.1) is 24.0 Å². The zero-order valence-corrected chi connectivity index (χ0v) is 19.7. The van der Waals surface area contributed by atoms with E-state index in [0.29, 0.717) is 4.88 Å². The third-order valence-corrected chi connectivity index (χ3v) is 6.50. The summed E-state index contributed by atoms with van der Waals surface area (Å²) in [6.45, 7) is 8.79. The molecule has 1 aromatic rings. The van der Waals surface area contributed by atoms with Gasteiger partial charge in [-0.05, 0) is 52.0 Å². The van der Waals surface area contributed by atoms with E-state index in [1.165, 1.54) is 11.3 Å². The Morgan fingerprint density at radius 2 is 1.84 bits per heavy atom. The summed E-state index contributed by atoms with van der Waals surface area (Å²) in [5, 5.41) is 7.42. The second-order valence-electron chi connectivity index (χ2n) is 8.96. The van der Waals surface area contributed by atoms with Crippen LogP contribution in [0, 0.1) is 17.8 Å². The van der Waals surface area contributed by atoms with E-state index in [9.17, 15) is 19.2 Å². The molecule has 0 aromatic carbocycles. The first-order valence-corrected chi connectivity index (χ1v) is 11.6. The van der Waals surface area contributed by atoms with Crippen LogP contribution in [0.15, 0.2) is 17.5 Å². The van der Waals surface area contributed by atoms with E-state index >= 15 is 0 Å². The Balaban J connectivity index is 1.91. The molecule has 4 unspecified atom stereocenters. The van der Waals surface area contributed by atoms with Crippen molar-refractivity contribution in [1.29, 1.82) is 0 Å². The van der Waals surface area contributed by atoms with Crippen LogP contribution in [0.2, 0.25) is 0 Å². The number of nitrogens with one attached hydrogen (secondary N) is 2. The molecule has 2 aliphatic rings. The fraction of sp³-hybridized carbons (Fsp3) is 0.636. The number of esters is 2. The lowest BCUT2D eigenvalue weighted by Gasteiger charge is -2.33. The standard InChI is InChI=1S/C22H30N2O7S/c1-6-29-18(26)15-14-12(23-17(25)13-9-8-10-32-13)11-22(16(14)15,19(27)30-7-2)24-20(28)31-21(3,4)5/h8-10,12,14-16H,6-7,11H2,1-5H3,(H,23,25)(H,24,28)/t12?,14?,15-,16?,22?/m0/s1. The molecule has 9 nitrogen and oxygen atoms in total. The fourth-order valence-electron chi connectivity index (χ4n) is 4.58. The zero-order valence-electron chi connectivity index (χ0n) is 18.9.